The maximum Gasteiger partial charge on any atom is 0.314 e. The molecule has 0 saturated heterocycles. The van der Waals surface area contributed by atoms with E-state index in [0.29, 0.717) is 13.1 Å². The maximum absolute atomic E-state index is 11.8. The van der Waals surface area contributed by atoms with Gasteiger partial charge in [-0.2, -0.15) is 0 Å². The molecule has 2 N–H and O–H groups in total. The first kappa shape index (κ1) is 15.6. The highest BCUT2D eigenvalue weighted by Gasteiger charge is 2.44. The summed E-state index contributed by atoms with van der Waals surface area (Å²) in [5, 5.41) is 5.86. The molecule has 0 spiro atoms. The monoisotopic (exact) mass is 291 g/mol. The second kappa shape index (κ2) is 6.80. The first-order valence-corrected chi connectivity index (χ1v) is 7.37. The zero-order chi connectivity index (χ0) is 15.3. The van der Waals surface area contributed by atoms with Crippen molar-refractivity contribution in [3.05, 3.63) is 29.8 Å². The van der Waals surface area contributed by atoms with E-state index in [1.807, 2.05) is 31.1 Å². The number of amides is 2. The van der Waals surface area contributed by atoms with E-state index < -0.39 is 0 Å². The van der Waals surface area contributed by atoms with Crippen LogP contribution in [0.15, 0.2) is 24.3 Å². The Labute approximate surface area is 126 Å². The van der Waals surface area contributed by atoms with Gasteiger partial charge in [0.15, 0.2) is 0 Å². The molecule has 1 aliphatic carbocycles. The average molecular weight is 291 g/mol. The molecule has 0 atom stereocenters. The van der Waals surface area contributed by atoms with Crippen LogP contribution in [0, 0.1) is 0 Å². The van der Waals surface area contributed by atoms with Gasteiger partial charge in [-0.15, -0.1) is 0 Å². The van der Waals surface area contributed by atoms with Crippen LogP contribution in [-0.4, -0.2) is 51.8 Å². The number of hydrogen-bond donors (Lipinski definition) is 2. The number of urea groups is 1. The molecule has 2 rings (SSSR count). The SMILES string of the molecule is COc1ccc(C2(CNC(=O)NCCN(C)C)CC2)cc1. The quantitative estimate of drug-likeness (QED) is 0.802. The molecular formula is C16H25N3O2. The van der Waals surface area contributed by atoms with Gasteiger partial charge in [0.2, 0.25) is 0 Å². The van der Waals surface area contributed by atoms with Crippen LogP contribution in [0.2, 0.25) is 0 Å². The number of likely N-dealkylation sites (N-methyl/N-ethyl adjacent to an activating group) is 1. The van der Waals surface area contributed by atoms with Gasteiger partial charge in [-0.25, -0.2) is 4.79 Å². The number of methoxy groups -OCH3 is 1. The van der Waals surface area contributed by atoms with Crippen molar-refractivity contribution in [2.45, 2.75) is 18.3 Å². The summed E-state index contributed by atoms with van der Waals surface area (Å²) in [5.74, 6) is 0.865. The number of nitrogens with one attached hydrogen (secondary N) is 2. The average Bonchev–Trinajstić information content (AvgIpc) is 3.26. The van der Waals surface area contributed by atoms with Gasteiger partial charge in [-0.1, -0.05) is 12.1 Å². The van der Waals surface area contributed by atoms with Crippen LogP contribution in [0.5, 0.6) is 5.75 Å². The number of carbonyl (C=O) groups is 1. The number of nitrogens with zero attached hydrogens (tertiary/aromatic N) is 1. The third-order valence-electron chi connectivity index (χ3n) is 3.99. The summed E-state index contributed by atoms with van der Waals surface area (Å²) in [6.07, 6.45) is 2.24. The Hall–Kier alpha value is -1.75. The second-order valence-electron chi connectivity index (χ2n) is 5.92. The predicted octanol–water partition coefficient (Wildman–Crippen LogP) is 1.59. The molecule has 0 heterocycles. The van der Waals surface area contributed by atoms with Crippen molar-refractivity contribution < 1.29 is 9.53 Å². The Kier molecular flexibility index (Phi) is 5.07. The van der Waals surface area contributed by atoms with Crippen molar-refractivity contribution >= 4 is 6.03 Å². The summed E-state index contributed by atoms with van der Waals surface area (Å²) in [6.45, 7) is 2.19. The van der Waals surface area contributed by atoms with E-state index in [2.05, 4.69) is 22.8 Å². The number of benzene rings is 1. The Morgan fingerprint density at radius 2 is 1.90 bits per heavy atom. The van der Waals surface area contributed by atoms with Gasteiger partial charge in [0.05, 0.1) is 7.11 Å². The minimum absolute atomic E-state index is 0.0864. The molecule has 1 aromatic carbocycles. The van der Waals surface area contributed by atoms with Crippen LogP contribution in [0.1, 0.15) is 18.4 Å². The predicted molar refractivity (Wildman–Crippen MR) is 83.9 cm³/mol. The molecule has 1 saturated carbocycles. The molecular weight excluding hydrogens is 266 g/mol. The van der Waals surface area contributed by atoms with E-state index in [4.69, 9.17) is 4.74 Å². The topological polar surface area (TPSA) is 53.6 Å². The molecule has 0 aliphatic heterocycles. The lowest BCUT2D eigenvalue weighted by Crippen LogP contribution is -2.42. The number of rotatable bonds is 7. The lowest BCUT2D eigenvalue weighted by Gasteiger charge is -2.18. The van der Waals surface area contributed by atoms with Crippen molar-refractivity contribution in [2.75, 3.05) is 40.8 Å². The van der Waals surface area contributed by atoms with Crippen LogP contribution in [0.25, 0.3) is 0 Å². The van der Waals surface area contributed by atoms with Crippen molar-refractivity contribution in [3.63, 3.8) is 0 Å². The molecule has 0 radical (unpaired) electrons. The van der Waals surface area contributed by atoms with E-state index in [0.717, 1.165) is 25.1 Å². The summed E-state index contributed by atoms with van der Waals surface area (Å²) < 4.78 is 5.18. The molecule has 0 bridgehead atoms. The standard InChI is InChI=1S/C16H25N3O2/c1-19(2)11-10-17-15(20)18-12-16(8-9-16)13-4-6-14(21-3)7-5-13/h4-7H,8-12H2,1-3H3,(H2,17,18,20). The lowest BCUT2D eigenvalue weighted by molar-refractivity contribution is 0.238. The summed E-state index contributed by atoms with van der Waals surface area (Å²) in [7, 11) is 5.65. The van der Waals surface area contributed by atoms with Crippen molar-refractivity contribution in [1.82, 2.24) is 15.5 Å². The van der Waals surface area contributed by atoms with Crippen LogP contribution in [0.4, 0.5) is 4.79 Å². The van der Waals surface area contributed by atoms with Gasteiger partial charge in [-0.3, -0.25) is 0 Å². The molecule has 21 heavy (non-hydrogen) atoms. The van der Waals surface area contributed by atoms with Gasteiger partial charge in [0.1, 0.15) is 5.75 Å². The molecule has 2 amide bonds. The fourth-order valence-corrected chi connectivity index (χ4v) is 2.37. The minimum Gasteiger partial charge on any atom is -0.497 e. The maximum atomic E-state index is 11.8. The number of hydrogen-bond acceptors (Lipinski definition) is 3. The smallest absolute Gasteiger partial charge is 0.314 e. The van der Waals surface area contributed by atoms with Crippen LogP contribution in [-0.2, 0) is 5.41 Å². The third kappa shape index (κ3) is 4.36. The van der Waals surface area contributed by atoms with Crippen molar-refractivity contribution in [2.24, 2.45) is 0 Å². The highest BCUT2D eigenvalue weighted by Crippen LogP contribution is 2.47. The highest BCUT2D eigenvalue weighted by atomic mass is 16.5. The fraction of sp³-hybridized carbons (Fsp3) is 0.562. The Morgan fingerprint density at radius 3 is 2.43 bits per heavy atom. The Bertz CT molecular complexity index is 467. The van der Waals surface area contributed by atoms with Crippen LogP contribution in [0.3, 0.4) is 0 Å². The summed E-state index contributed by atoms with van der Waals surface area (Å²) >= 11 is 0. The van der Waals surface area contributed by atoms with Gasteiger partial charge in [0.25, 0.3) is 0 Å². The summed E-state index contributed by atoms with van der Waals surface area (Å²) in [4.78, 5) is 13.8. The first-order valence-electron chi connectivity index (χ1n) is 7.37. The number of carbonyl (C=O) groups excluding carboxylic acids is 1. The van der Waals surface area contributed by atoms with E-state index in [-0.39, 0.29) is 11.4 Å². The first-order chi connectivity index (χ1) is 10.1. The Morgan fingerprint density at radius 1 is 1.24 bits per heavy atom. The molecule has 1 aromatic rings. The minimum atomic E-state index is -0.0864. The van der Waals surface area contributed by atoms with E-state index in [9.17, 15) is 4.79 Å². The summed E-state index contributed by atoms with van der Waals surface area (Å²) in [5.41, 5.74) is 1.39. The zero-order valence-corrected chi connectivity index (χ0v) is 13.1. The largest absolute Gasteiger partial charge is 0.497 e. The van der Waals surface area contributed by atoms with Gasteiger partial charge in [-0.05, 0) is 44.6 Å². The molecule has 1 aliphatic rings. The van der Waals surface area contributed by atoms with E-state index in [1.165, 1.54) is 5.56 Å². The Balaban J connectivity index is 1.80. The molecule has 0 aromatic heterocycles. The fourth-order valence-electron chi connectivity index (χ4n) is 2.37. The van der Waals surface area contributed by atoms with Crippen LogP contribution < -0.4 is 15.4 Å². The lowest BCUT2D eigenvalue weighted by atomic mass is 9.96. The number of ether oxygens (including phenoxy) is 1. The normalized spacial score (nSPS) is 15.6. The molecule has 1 fully saturated rings. The van der Waals surface area contributed by atoms with Crippen molar-refractivity contribution in [1.29, 1.82) is 0 Å². The molecule has 0 unspecified atom stereocenters. The summed E-state index contributed by atoms with van der Waals surface area (Å²) in [6, 6.07) is 8.06. The molecule has 5 nitrogen and oxygen atoms in total. The van der Waals surface area contributed by atoms with E-state index in [1.54, 1.807) is 7.11 Å². The van der Waals surface area contributed by atoms with Crippen molar-refractivity contribution in [3.8, 4) is 5.75 Å². The third-order valence-corrected chi connectivity index (χ3v) is 3.99. The second-order valence-corrected chi connectivity index (χ2v) is 5.92. The van der Waals surface area contributed by atoms with E-state index >= 15 is 0 Å². The van der Waals surface area contributed by atoms with Crippen LogP contribution >= 0.6 is 0 Å². The molecule has 5 heteroatoms. The van der Waals surface area contributed by atoms with Gasteiger partial charge in [0, 0.05) is 25.0 Å². The highest BCUT2D eigenvalue weighted by molar-refractivity contribution is 5.74. The van der Waals surface area contributed by atoms with Gasteiger partial charge < -0.3 is 20.3 Å². The molecule has 116 valence electrons. The van der Waals surface area contributed by atoms with Gasteiger partial charge >= 0.3 is 6.03 Å². The zero-order valence-electron chi connectivity index (χ0n) is 13.1.